The molecule has 4 rings (SSSR count). The Labute approximate surface area is 161 Å². The van der Waals surface area contributed by atoms with Crippen LogP contribution in [0.5, 0.6) is 0 Å². The number of fused-ring (bicyclic) bond motifs is 1. The molecule has 9 heteroatoms. The van der Waals surface area contributed by atoms with Crippen molar-refractivity contribution < 1.29 is 19.4 Å². The molecule has 3 atom stereocenters. The van der Waals surface area contributed by atoms with Crippen LogP contribution in [0.15, 0.2) is 22.8 Å². The maximum absolute atomic E-state index is 10.4. The van der Waals surface area contributed by atoms with Crippen LogP contribution in [-0.2, 0) is 4.74 Å². The molecular weight excluding hydrogens is 362 g/mol. The molecule has 1 fully saturated rings. The van der Waals surface area contributed by atoms with Gasteiger partial charge in [0, 0.05) is 6.42 Å². The number of furan rings is 1. The molecule has 0 amide bonds. The average molecular weight is 383 g/mol. The standard InChI is InChI=1S/C19H21N5O4/c1-2-3-4-5-8-13-21-16(20)14-18(22-13)24(19-15(26)11(25)10-28-19)17(23-14)12-7-6-9-27-12/h6-7,9,11,15,19,25-26H,2-4,10H2,1H3,(H2,20,21,22)/t11-,15-,19-/m1/s1. The van der Waals surface area contributed by atoms with Gasteiger partial charge in [-0.05, 0) is 24.5 Å². The van der Waals surface area contributed by atoms with Gasteiger partial charge in [-0.15, -0.1) is 0 Å². The molecule has 1 aliphatic rings. The van der Waals surface area contributed by atoms with Crippen LogP contribution in [0.1, 0.15) is 38.2 Å². The van der Waals surface area contributed by atoms with Gasteiger partial charge in [0.05, 0.1) is 12.9 Å². The van der Waals surface area contributed by atoms with E-state index in [-0.39, 0.29) is 18.2 Å². The van der Waals surface area contributed by atoms with Gasteiger partial charge in [0.15, 0.2) is 34.8 Å². The Hall–Kier alpha value is -2.93. The number of aliphatic hydroxyl groups excluding tert-OH is 2. The maximum Gasteiger partial charge on any atom is 0.208 e. The first kappa shape index (κ1) is 18.4. The van der Waals surface area contributed by atoms with E-state index in [9.17, 15) is 10.2 Å². The zero-order chi connectivity index (χ0) is 19.7. The normalized spacial score (nSPS) is 21.8. The Bertz CT molecular complexity index is 1030. The first-order valence-electron chi connectivity index (χ1n) is 9.16. The number of aliphatic hydroxyl groups is 2. The van der Waals surface area contributed by atoms with E-state index in [1.807, 2.05) is 0 Å². The van der Waals surface area contributed by atoms with Crippen LogP contribution in [-0.4, -0.2) is 48.5 Å². The molecule has 4 heterocycles. The molecule has 3 aromatic heterocycles. The summed E-state index contributed by atoms with van der Waals surface area (Å²) in [4.78, 5) is 13.2. The predicted octanol–water partition coefficient (Wildman–Crippen LogP) is 1.46. The van der Waals surface area contributed by atoms with Crippen LogP contribution in [0.25, 0.3) is 22.7 Å². The second-order valence-electron chi connectivity index (χ2n) is 6.57. The minimum Gasteiger partial charge on any atom is -0.461 e. The highest BCUT2D eigenvalue weighted by Crippen LogP contribution is 2.34. The van der Waals surface area contributed by atoms with Crippen molar-refractivity contribution in [1.82, 2.24) is 19.5 Å². The molecule has 1 saturated heterocycles. The lowest BCUT2D eigenvalue weighted by molar-refractivity contribution is -0.0154. The molecule has 0 bridgehead atoms. The highest BCUT2D eigenvalue weighted by Gasteiger charge is 2.39. The van der Waals surface area contributed by atoms with Gasteiger partial charge in [0.25, 0.3) is 0 Å². The van der Waals surface area contributed by atoms with Crippen LogP contribution in [0.2, 0.25) is 0 Å². The molecule has 0 spiro atoms. The number of anilines is 1. The number of aromatic nitrogens is 4. The summed E-state index contributed by atoms with van der Waals surface area (Å²) >= 11 is 0. The number of nitrogens with two attached hydrogens (primary N) is 1. The first-order valence-corrected chi connectivity index (χ1v) is 9.16. The van der Waals surface area contributed by atoms with Gasteiger partial charge in [-0.3, -0.25) is 4.57 Å². The summed E-state index contributed by atoms with van der Waals surface area (Å²) in [7, 11) is 0. The van der Waals surface area contributed by atoms with Gasteiger partial charge < -0.3 is 25.1 Å². The summed E-state index contributed by atoms with van der Waals surface area (Å²) in [5.74, 6) is 7.21. The fraction of sp³-hybridized carbons (Fsp3) is 0.421. The van der Waals surface area contributed by atoms with Crippen LogP contribution in [0.3, 0.4) is 0 Å². The van der Waals surface area contributed by atoms with Gasteiger partial charge in [0.2, 0.25) is 5.82 Å². The first-order chi connectivity index (χ1) is 13.6. The molecule has 9 nitrogen and oxygen atoms in total. The molecule has 3 aromatic rings. The molecule has 0 unspecified atom stereocenters. The van der Waals surface area contributed by atoms with Gasteiger partial charge in [0.1, 0.15) is 12.2 Å². The van der Waals surface area contributed by atoms with Crippen molar-refractivity contribution in [1.29, 1.82) is 0 Å². The molecule has 1 aliphatic heterocycles. The molecule has 0 radical (unpaired) electrons. The van der Waals surface area contributed by atoms with Crippen molar-refractivity contribution in [3.8, 4) is 23.4 Å². The van der Waals surface area contributed by atoms with Crippen molar-refractivity contribution in [3.05, 3.63) is 24.2 Å². The molecule has 0 saturated carbocycles. The van der Waals surface area contributed by atoms with Crippen molar-refractivity contribution in [3.63, 3.8) is 0 Å². The molecule has 0 aromatic carbocycles. The Morgan fingerprint density at radius 2 is 2.18 bits per heavy atom. The summed E-state index contributed by atoms with van der Waals surface area (Å²) in [5.41, 5.74) is 6.81. The molecular formula is C19H21N5O4. The van der Waals surface area contributed by atoms with Gasteiger partial charge in [-0.1, -0.05) is 19.3 Å². The summed E-state index contributed by atoms with van der Waals surface area (Å²) in [5, 5.41) is 20.3. The fourth-order valence-electron chi connectivity index (χ4n) is 3.09. The van der Waals surface area contributed by atoms with Crippen molar-refractivity contribution in [2.24, 2.45) is 0 Å². The van der Waals surface area contributed by atoms with E-state index in [1.54, 1.807) is 16.7 Å². The highest BCUT2D eigenvalue weighted by atomic mass is 16.5. The summed E-state index contributed by atoms with van der Waals surface area (Å²) in [6.45, 7) is 2.09. The molecule has 28 heavy (non-hydrogen) atoms. The van der Waals surface area contributed by atoms with Gasteiger partial charge in [-0.2, -0.15) is 0 Å². The van der Waals surface area contributed by atoms with Crippen molar-refractivity contribution in [2.75, 3.05) is 12.3 Å². The van der Waals surface area contributed by atoms with Crippen LogP contribution in [0, 0.1) is 11.8 Å². The number of unbranched alkanes of at least 4 members (excludes halogenated alkanes) is 2. The molecule has 4 N–H and O–H groups in total. The van der Waals surface area contributed by atoms with E-state index >= 15 is 0 Å². The molecule has 0 aliphatic carbocycles. The van der Waals surface area contributed by atoms with E-state index in [4.69, 9.17) is 14.9 Å². The topological polar surface area (TPSA) is 132 Å². The van der Waals surface area contributed by atoms with E-state index in [0.717, 1.165) is 19.3 Å². The van der Waals surface area contributed by atoms with E-state index in [1.165, 1.54) is 6.26 Å². The van der Waals surface area contributed by atoms with E-state index < -0.39 is 18.4 Å². The quantitative estimate of drug-likeness (QED) is 0.456. The number of nitrogen functional groups attached to an aromatic ring is 1. The fourth-order valence-corrected chi connectivity index (χ4v) is 3.09. The number of hydrogen-bond donors (Lipinski definition) is 3. The third-order valence-electron chi connectivity index (χ3n) is 4.54. The summed E-state index contributed by atoms with van der Waals surface area (Å²) in [6, 6.07) is 3.45. The lowest BCUT2D eigenvalue weighted by atomic mass is 10.2. The zero-order valence-electron chi connectivity index (χ0n) is 15.4. The summed E-state index contributed by atoms with van der Waals surface area (Å²) < 4.78 is 12.7. The minimum absolute atomic E-state index is 0.00660. The lowest BCUT2D eigenvalue weighted by Crippen LogP contribution is -2.28. The Kier molecular flexibility index (Phi) is 5.00. The monoisotopic (exact) mass is 383 g/mol. The van der Waals surface area contributed by atoms with E-state index in [2.05, 4.69) is 33.7 Å². The Balaban J connectivity index is 1.88. The molecule has 146 valence electrons. The van der Waals surface area contributed by atoms with Crippen LogP contribution < -0.4 is 5.73 Å². The smallest absolute Gasteiger partial charge is 0.208 e. The maximum atomic E-state index is 10.4. The predicted molar refractivity (Wildman–Crippen MR) is 101 cm³/mol. The van der Waals surface area contributed by atoms with Gasteiger partial charge >= 0.3 is 0 Å². The lowest BCUT2D eigenvalue weighted by Gasteiger charge is -2.18. The number of rotatable bonds is 4. The van der Waals surface area contributed by atoms with Crippen molar-refractivity contribution in [2.45, 2.75) is 44.6 Å². The number of hydrogen-bond acceptors (Lipinski definition) is 8. The zero-order valence-corrected chi connectivity index (χ0v) is 15.4. The number of imidazole rings is 1. The van der Waals surface area contributed by atoms with Crippen molar-refractivity contribution >= 4 is 17.0 Å². The largest absolute Gasteiger partial charge is 0.461 e. The second-order valence-corrected chi connectivity index (χ2v) is 6.57. The highest BCUT2D eigenvalue weighted by molar-refractivity contribution is 5.85. The van der Waals surface area contributed by atoms with Crippen LogP contribution >= 0.6 is 0 Å². The van der Waals surface area contributed by atoms with Gasteiger partial charge in [-0.25, -0.2) is 15.0 Å². The number of ether oxygens (including phenoxy) is 1. The van der Waals surface area contributed by atoms with E-state index in [0.29, 0.717) is 22.7 Å². The minimum atomic E-state index is -1.15. The Morgan fingerprint density at radius 1 is 1.32 bits per heavy atom. The van der Waals surface area contributed by atoms with Crippen LogP contribution in [0.4, 0.5) is 5.82 Å². The number of nitrogens with zero attached hydrogens (tertiary/aromatic N) is 4. The second kappa shape index (κ2) is 7.59. The third kappa shape index (κ3) is 3.22. The Morgan fingerprint density at radius 3 is 2.86 bits per heavy atom. The summed E-state index contributed by atoms with van der Waals surface area (Å²) in [6.07, 6.45) is 1.24. The average Bonchev–Trinajstić information content (AvgIpc) is 3.39. The third-order valence-corrected chi connectivity index (χ3v) is 4.54. The SMILES string of the molecule is CCCCC#Cc1nc(N)c2nc(-c3ccco3)n([C@@H]3OC[C@@H](O)[C@H]3O)c2n1.